The van der Waals surface area contributed by atoms with Crippen LogP contribution in [0.1, 0.15) is 0 Å². The third-order valence-corrected chi connectivity index (χ3v) is 4.81. The molecule has 154 valence electrons. The molecule has 2 aromatic carbocycles. The first-order valence-corrected chi connectivity index (χ1v) is 9.51. The SMILES string of the molecule is COc1cccc(NC(=O)C(=O)NCCN2CCN(c3ccc(F)cc3)CC2)c1. The van der Waals surface area contributed by atoms with Crippen molar-refractivity contribution >= 4 is 23.2 Å². The molecule has 2 aromatic rings. The van der Waals surface area contributed by atoms with Crippen molar-refractivity contribution in [3.8, 4) is 5.75 Å². The lowest BCUT2D eigenvalue weighted by Gasteiger charge is -2.36. The van der Waals surface area contributed by atoms with Gasteiger partial charge in [0.2, 0.25) is 0 Å². The first kappa shape index (κ1) is 20.6. The standard InChI is InChI=1S/C21H25FN4O3/c1-29-19-4-2-3-17(15-19)24-21(28)20(27)23-9-10-25-11-13-26(14-12-25)18-7-5-16(22)6-8-18/h2-8,15H,9-14H2,1H3,(H,23,27)(H,24,28). The second-order valence-electron chi connectivity index (χ2n) is 6.75. The van der Waals surface area contributed by atoms with Crippen LogP contribution in [-0.4, -0.2) is 63.1 Å². The molecule has 0 saturated carbocycles. The third-order valence-electron chi connectivity index (χ3n) is 4.81. The van der Waals surface area contributed by atoms with Gasteiger partial charge in [-0.1, -0.05) is 6.07 Å². The molecule has 2 amide bonds. The molecule has 1 aliphatic heterocycles. The normalized spacial score (nSPS) is 14.3. The maximum Gasteiger partial charge on any atom is 0.313 e. The molecule has 7 nitrogen and oxygen atoms in total. The molecule has 1 saturated heterocycles. The number of hydrogen-bond donors (Lipinski definition) is 2. The number of nitrogens with zero attached hydrogens (tertiary/aromatic N) is 2. The van der Waals surface area contributed by atoms with E-state index in [1.165, 1.54) is 19.2 Å². The van der Waals surface area contributed by atoms with Crippen molar-refractivity contribution in [3.63, 3.8) is 0 Å². The Morgan fingerprint density at radius 2 is 1.76 bits per heavy atom. The third kappa shape index (κ3) is 5.92. The van der Waals surface area contributed by atoms with Crippen LogP contribution in [0.4, 0.5) is 15.8 Å². The van der Waals surface area contributed by atoms with Gasteiger partial charge >= 0.3 is 11.8 Å². The summed E-state index contributed by atoms with van der Waals surface area (Å²) in [6.45, 7) is 4.38. The number of halogens is 1. The van der Waals surface area contributed by atoms with Gasteiger partial charge in [-0.2, -0.15) is 0 Å². The fraction of sp³-hybridized carbons (Fsp3) is 0.333. The van der Waals surface area contributed by atoms with Crippen molar-refractivity contribution in [2.45, 2.75) is 0 Å². The van der Waals surface area contributed by atoms with Crippen molar-refractivity contribution < 1.29 is 18.7 Å². The number of benzene rings is 2. The van der Waals surface area contributed by atoms with E-state index in [4.69, 9.17) is 4.74 Å². The molecule has 1 aliphatic rings. The molecule has 2 N–H and O–H groups in total. The largest absolute Gasteiger partial charge is 0.497 e. The number of anilines is 2. The van der Waals surface area contributed by atoms with Gasteiger partial charge < -0.3 is 20.3 Å². The van der Waals surface area contributed by atoms with Crippen LogP contribution in [0.3, 0.4) is 0 Å². The Morgan fingerprint density at radius 3 is 2.45 bits per heavy atom. The zero-order valence-electron chi connectivity index (χ0n) is 16.4. The van der Waals surface area contributed by atoms with Gasteiger partial charge in [-0.15, -0.1) is 0 Å². The summed E-state index contributed by atoms with van der Waals surface area (Å²) in [7, 11) is 1.53. The summed E-state index contributed by atoms with van der Waals surface area (Å²) in [4.78, 5) is 28.4. The summed E-state index contributed by atoms with van der Waals surface area (Å²) >= 11 is 0. The van der Waals surface area contributed by atoms with Gasteiger partial charge in [0.15, 0.2) is 0 Å². The van der Waals surface area contributed by atoms with E-state index in [2.05, 4.69) is 20.4 Å². The second-order valence-corrected chi connectivity index (χ2v) is 6.75. The predicted molar refractivity (Wildman–Crippen MR) is 110 cm³/mol. The molecular weight excluding hydrogens is 375 g/mol. The number of nitrogens with one attached hydrogen (secondary N) is 2. The summed E-state index contributed by atoms with van der Waals surface area (Å²) < 4.78 is 18.1. The van der Waals surface area contributed by atoms with Crippen LogP contribution >= 0.6 is 0 Å². The number of piperazine rings is 1. The Bertz CT molecular complexity index is 836. The molecular formula is C21H25FN4O3. The zero-order valence-corrected chi connectivity index (χ0v) is 16.4. The average Bonchev–Trinajstić information content (AvgIpc) is 2.75. The Kier molecular flexibility index (Phi) is 7.02. The van der Waals surface area contributed by atoms with Crippen LogP contribution in [0, 0.1) is 5.82 Å². The number of methoxy groups -OCH3 is 1. The molecule has 0 atom stereocenters. The van der Waals surface area contributed by atoms with E-state index < -0.39 is 11.8 Å². The van der Waals surface area contributed by atoms with Gasteiger partial charge in [0.25, 0.3) is 0 Å². The van der Waals surface area contributed by atoms with E-state index in [0.29, 0.717) is 24.5 Å². The highest BCUT2D eigenvalue weighted by molar-refractivity contribution is 6.39. The van der Waals surface area contributed by atoms with Gasteiger partial charge in [0, 0.05) is 56.7 Å². The quantitative estimate of drug-likeness (QED) is 0.723. The molecule has 0 spiro atoms. The molecule has 8 heteroatoms. The minimum Gasteiger partial charge on any atom is -0.497 e. The van der Waals surface area contributed by atoms with E-state index in [9.17, 15) is 14.0 Å². The fourth-order valence-corrected chi connectivity index (χ4v) is 3.18. The van der Waals surface area contributed by atoms with Crippen LogP contribution in [-0.2, 0) is 9.59 Å². The van der Waals surface area contributed by atoms with Gasteiger partial charge in [0.05, 0.1) is 7.11 Å². The number of carbonyl (C=O) groups is 2. The summed E-state index contributed by atoms with van der Waals surface area (Å²) in [5.41, 5.74) is 1.51. The zero-order chi connectivity index (χ0) is 20.6. The van der Waals surface area contributed by atoms with Crippen LogP contribution in [0.5, 0.6) is 5.75 Å². The predicted octanol–water partition coefficient (Wildman–Crippen LogP) is 1.71. The van der Waals surface area contributed by atoms with Gasteiger partial charge in [-0.05, 0) is 36.4 Å². The van der Waals surface area contributed by atoms with Crippen molar-refractivity contribution in [3.05, 3.63) is 54.3 Å². The van der Waals surface area contributed by atoms with E-state index in [-0.39, 0.29) is 5.82 Å². The van der Waals surface area contributed by atoms with E-state index in [1.807, 2.05) is 0 Å². The molecule has 0 bridgehead atoms. The Hall–Kier alpha value is -3.13. The maximum absolute atomic E-state index is 13.0. The molecule has 1 heterocycles. The lowest BCUT2D eigenvalue weighted by Crippen LogP contribution is -2.49. The number of hydrogen-bond acceptors (Lipinski definition) is 5. The van der Waals surface area contributed by atoms with Gasteiger partial charge in [0.1, 0.15) is 11.6 Å². The summed E-state index contributed by atoms with van der Waals surface area (Å²) in [6, 6.07) is 13.3. The van der Waals surface area contributed by atoms with Crippen LogP contribution in [0.15, 0.2) is 48.5 Å². The first-order valence-electron chi connectivity index (χ1n) is 9.51. The van der Waals surface area contributed by atoms with Crippen LogP contribution in [0.2, 0.25) is 0 Å². The lowest BCUT2D eigenvalue weighted by atomic mass is 10.2. The van der Waals surface area contributed by atoms with E-state index >= 15 is 0 Å². The number of carbonyl (C=O) groups excluding carboxylic acids is 2. The highest BCUT2D eigenvalue weighted by atomic mass is 19.1. The Labute approximate surface area is 169 Å². The molecule has 0 unspecified atom stereocenters. The smallest absolute Gasteiger partial charge is 0.313 e. The number of amides is 2. The van der Waals surface area contributed by atoms with Crippen molar-refractivity contribution in [2.75, 3.05) is 56.6 Å². The van der Waals surface area contributed by atoms with E-state index in [0.717, 1.165) is 31.9 Å². The van der Waals surface area contributed by atoms with Crippen molar-refractivity contribution in [1.29, 1.82) is 0 Å². The summed E-state index contributed by atoms with van der Waals surface area (Å²) in [5, 5.41) is 5.20. The van der Waals surface area contributed by atoms with Gasteiger partial charge in [-0.25, -0.2) is 4.39 Å². The average molecular weight is 400 g/mol. The van der Waals surface area contributed by atoms with Crippen LogP contribution < -0.4 is 20.3 Å². The molecule has 29 heavy (non-hydrogen) atoms. The lowest BCUT2D eigenvalue weighted by molar-refractivity contribution is -0.136. The highest BCUT2D eigenvalue weighted by Crippen LogP contribution is 2.17. The molecule has 0 aliphatic carbocycles. The first-order chi connectivity index (χ1) is 14.0. The fourth-order valence-electron chi connectivity index (χ4n) is 3.18. The van der Waals surface area contributed by atoms with Crippen molar-refractivity contribution in [2.24, 2.45) is 0 Å². The van der Waals surface area contributed by atoms with Crippen molar-refractivity contribution in [1.82, 2.24) is 10.2 Å². The Balaban J connectivity index is 1.37. The maximum atomic E-state index is 13.0. The number of rotatable bonds is 6. The highest BCUT2D eigenvalue weighted by Gasteiger charge is 2.18. The molecule has 0 aromatic heterocycles. The molecule has 1 fully saturated rings. The van der Waals surface area contributed by atoms with E-state index in [1.54, 1.807) is 36.4 Å². The molecule has 0 radical (unpaired) electrons. The summed E-state index contributed by atoms with van der Waals surface area (Å²) in [5.74, 6) is -1.02. The Morgan fingerprint density at radius 1 is 1.03 bits per heavy atom. The topological polar surface area (TPSA) is 73.9 Å². The van der Waals surface area contributed by atoms with Gasteiger partial charge in [-0.3, -0.25) is 14.5 Å². The minimum absolute atomic E-state index is 0.237. The molecule has 3 rings (SSSR count). The van der Waals surface area contributed by atoms with Crippen LogP contribution in [0.25, 0.3) is 0 Å². The minimum atomic E-state index is -0.709. The monoisotopic (exact) mass is 400 g/mol. The second kappa shape index (κ2) is 9.88. The number of ether oxygens (including phenoxy) is 1. The summed E-state index contributed by atoms with van der Waals surface area (Å²) in [6.07, 6.45) is 0.